The van der Waals surface area contributed by atoms with Gasteiger partial charge in [-0.1, -0.05) is 12.1 Å². The Morgan fingerprint density at radius 1 is 0.762 bits per heavy atom. The van der Waals surface area contributed by atoms with Gasteiger partial charge in [-0.05, 0) is 60.7 Å². The summed E-state index contributed by atoms with van der Waals surface area (Å²) in [4.78, 5) is 11.4. The molecule has 2 aromatic rings. The molecular weight excluding hydrogens is 264 g/mol. The van der Waals surface area contributed by atoms with Crippen LogP contribution in [-0.2, 0) is 0 Å². The van der Waals surface area contributed by atoms with E-state index in [9.17, 15) is 4.79 Å². The minimum absolute atomic E-state index is 0.560. The van der Waals surface area contributed by atoms with Gasteiger partial charge in [0.2, 0.25) is 0 Å². The van der Waals surface area contributed by atoms with Crippen LogP contribution in [0.2, 0.25) is 0 Å². The molecule has 0 aliphatic carbocycles. The van der Waals surface area contributed by atoms with Crippen molar-refractivity contribution in [1.29, 1.82) is 0 Å². The molecule has 0 amide bonds. The van der Waals surface area contributed by atoms with E-state index in [4.69, 9.17) is 9.47 Å². The van der Waals surface area contributed by atoms with E-state index < -0.39 is 0 Å². The number of hydrogen-bond acceptors (Lipinski definition) is 3. The van der Waals surface area contributed by atoms with E-state index in [0.717, 1.165) is 23.0 Å². The fraction of sp³-hybridized carbons (Fsp3) is 0.278. The Balaban J connectivity index is 2.73. The SMILES string of the molecule is COc1cc(C=O)c(-c2cc(C)c(C)cc2C)cc1OC. The van der Waals surface area contributed by atoms with Crippen LogP contribution in [0.25, 0.3) is 11.1 Å². The Morgan fingerprint density at radius 3 is 1.90 bits per heavy atom. The average Bonchev–Trinajstić information content (AvgIpc) is 2.49. The quantitative estimate of drug-likeness (QED) is 0.793. The number of methoxy groups -OCH3 is 2. The third-order valence-corrected chi connectivity index (χ3v) is 3.81. The van der Waals surface area contributed by atoms with E-state index in [2.05, 4.69) is 26.0 Å². The number of benzene rings is 2. The molecule has 3 heteroatoms. The van der Waals surface area contributed by atoms with Gasteiger partial charge >= 0.3 is 0 Å². The molecule has 0 saturated carbocycles. The summed E-state index contributed by atoms with van der Waals surface area (Å²) >= 11 is 0. The maximum absolute atomic E-state index is 11.4. The maximum atomic E-state index is 11.4. The van der Waals surface area contributed by atoms with Crippen LogP contribution in [0.4, 0.5) is 0 Å². The second-order valence-corrected chi connectivity index (χ2v) is 5.16. The van der Waals surface area contributed by atoms with Crippen LogP contribution in [0.1, 0.15) is 27.0 Å². The van der Waals surface area contributed by atoms with Crippen molar-refractivity contribution in [1.82, 2.24) is 0 Å². The Hall–Kier alpha value is -2.29. The van der Waals surface area contributed by atoms with Crippen LogP contribution in [0, 0.1) is 20.8 Å². The minimum Gasteiger partial charge on any atom is -0.493 e. The molecular formula is C18H20O3. The van der Waals surface area contributed by atoms with Gasteiger partial charge in [0.15, 0.2) is 17.8 Å². The van der Waals surface area contributed by atoms with Crippen LogP contribution < -0.4 is 9.47 Å². The lowest BCUT2D eigenvalue weighted by Crippen LogP contribution is -1.97. The number of rotatable bonds is 4. The number of aryl methyl sites for hydroxylation is 3. The first kappa shape index (κ1) is 15.1. The predicted octanol–water partition coefficient (Wildman–Crippen LogP) is 4.11. The van der Waals surface area contributed by atoms with Gasteiger partial charge in [-0.3, -0.25) is 4.79 Å². The van der Waals surface area contributed by atoms with Crippen molar-refractivity contribution in [3.63, 3.8) is 0 Å². The number of hydrogen-bond donors (Lipinski definition) is 0. The summed E-state index contributed by atoms with van der Waals surface area (Å²) in [5, 5.41) is 0. The molecule has 0 bridgehead atoms. The minimum atomic E-state index is 0.560. The maximum Gasteiger partial charge on any atom is 0.161 e. The van der Waals surface area contributed by atoms with Crippen LogP contribution in [0.3, 0.4) is 0 Å². The molecule has 2 aromatic carbocycles. The monoisotopic (exact) mass is 284 g/mol. The summed E-state index contributed by atoms with van der Waals surface area (Å²) in [6, 6.07) is 7.82. The zero-order valence-electron chi connectivity index (χ0n) is 13.1. The van der Waals surface area contributed by atoms with Gasteiger partial charge in [0.25, 0.3) is 0 Å². The first-order valence-corrected chi connectivity index (χ1v) is 6.81. The average molecular weight is 284 g/mol. The lowest BCUT2D eigenvalue weighted by molar-refractivity contribution is 0.112. The highest BCUT2D eigenvalue weighted by Crippen LogP contribution is 2.37. The predicted molar refractivity (Wildman–Crippen MR) is 84.6 cm³/mol. The third kappa shape index (κ3) is 2.77. The van der Waals surface area contributed by atoms with Crippen LogP contribution in [0.15, 0.2) is 24.3 Å². The Labute approximate surface area is 125 Å². The summed E-state index contributed by atoms with van der Waals surface area (Å²) in [6.07, 6.45) is 0.853. The molecule has 3 nitrogen and oxygen atoms in total. The fourth-order valence-electron chi connectivity index (χ4n) is 2.48. The molecule has 0 N–H and O–H groups in total. The van der Waals surface area contributed by atoms with E-state index in [1.807, 2.05) is 13.0 Å². The second-order valence-electron chi connectivity index (χ2n) is 5.16. The second kappa shape index (κ2) is 6.00. The lowest BCUT2D eigenvalue weighted by Gasteiger charge is -2.15. The topological polar surface area (TPSA) is 35.5 Å². The van der Waals surface area contributed by atoms with Gasteiger partial charge in [0, 0.05) is 5.56 Å². The van der Waals surface area contributed by atoms with Gasteiger partial charge in [-0.2, -0.15) is 0 Å². The smallest absolute Gasteiger partial charge is 0.161 e. The van der Waals surface area contributed by atoms with Gasteiger partial charge < -0.3 is 9.47 Å². The van der Waals surface area contributed by atoms with Crippen LogP contribution in [0.5, 0.6) is 11.5 Å². The highest BCUT2D eigenvalue weighted by Gasteiger charge is 2.14. The van der Waals surface area contributed by atoms with Gasteiger partial charge in [0.1, 0.15) is 0 Å². The van der Waals surface area contributed by atoms with Crippen LogP contribution >= 0.6 is 0 Å². The first-order chi connectivity index (χ1) is 10.0. The van der Waals surface area contributed by atoms with E-state index in [-0.39, 0.29) is 0 Å². The van der Waals surface area contributed by atoms with Crippen molar-refractivity contribution in [2.45, 2.75) is 20.8 Å². The number of carbonyl (C=O) groups excluding carboxylic acids is 1. The number of aldehydes is 1. The third-order valence-electron chi connectivity index (χ3n) is 3.81. The normalized spacial score (nSPS) is 10.3. The summed E-state index contributed by atoms with van der Waals surface area (Å²) in [5.74, 6) is 1.18. The Bertz CT molecular complexity index is 687. The summed E-state index contributed by atoms with van der Waals surface area (Å²) in [7, 11) is 3.16. The number of carbonyl (C=O) groups is 1. The van der Waals surface area contributed by atoms with Gasteiger partial charge in [-0.25, -0.2) is 0 Å². The van der Waals surface area contributed by atoms with Crippen LogP contribution in [-0.4, -0.2) is 20.5 Å². The van der Waals surface area contributed by atoms with Crippen molar-refractivity contribution in [3.05, 3.63) is 46.5 Å². The standard InChI is InChI=1S/C18H20O3/c1-11-6-13(3)15(7-12(11)2)16-9-18(21-5)17(20-4)8-14(16)10-19/h6-10H,1-5H3. The highest BCUT2D eigenvalue weighted by atomic mass is 16.5. The van der Waals surface area contributed by atoms with E-state index in [1.165, 1.54) is 11.1 Å². The first-order valence-electron chi connectivity index (χ1n) is 6.81. The molecule has 0 heterocycles. The molecule has 0 unspecified atom stereocenters. The van der Waals surface area contributed by atoms with Crippen molar-refractivity contribution < 1.29 is 14.3 Å². The zero-order chi connectivity index (χ0) is 15.6. The molecule has 0 aliphatic rings. The molecule has 0 spiro atoms. The Kier molecular flexibility index (Phi) is 4.32. The molecule has 0 radical (unpaired) electrons. The highest BCUT2D eigenvalue weighted by molar-refractivity contribution is 5.90. The molecule has 21 heavy (non-hydrogen) atoms. The van der Waals surface area contributed by atoms with E-state index in [0.29, 0.717) is 17.1 Å². The van der Waals surface area contributed by atoms with Crippen molar-refractivity contribution >= 4 is 6.29 Å². The molecule has 2 rings (SSSR count). The Morgan fingerprint density at radius 2 is 1.33 bits per heavy atom. The largest absolute Gasteiger partial charge is 0.493 e. The molecule has 0 atom stereocenters. The summed E-state index contributed by atoms with van der Waals surface area (Å²) in [6.45, 7) is 6.20. The van der Waals surface area contributed by atoms with Gasteiger partial charge in [-0.15, -0.1) is 0 Å². The fourth-order valence-corrected chi connectivity index (χ4v) is 2.48. The number of ether oxygens (including phenoxy) is 2. The zero-order valence-corrected chi connectivity index (χ0v) is 13.1. The van der Waals surface area contributed by atoms with Crippen molar-refractivity contribution in [2.75, 3.05) is 14.2 Å². The van der Waals surface area contributed by atoms with Gasteiger partial charge in [0.05, 0.1) is 14.2 Å². The van der Waals surface area contributed by atoms with Crippen molar-refractivity contribution in [2.24, 2.45) is 0 Å². The lowest BCUT2D eigenvalue weighted by atomic mass is 9.92. The molecule has 110 valence electrons. The van der Waals surface area contributed by atoms with E-state index >= 15 is 0 Å². The van der Waals surface area contributed by atoms with Crippen molar-refractivity contribution in [3.8, 4) is 22.6 Å². The summed E-state index contributed by atoms with van der Waals surface area (Å²) < 4.78 is 10.6. The molecule has 0 saturated heterocycles. The molecule has 0 aromatic heterocycles. The summed E-state index contributed by atoms with van der Waals surface area (Å²) in [5.41, 5.74) is 6.07. The molecule has 0 fully saturated rings. The van der Waals surface area contributed by atoms with E-state index in [1.54, 1.807) is 20.3 Å². The molecule has 0 aliphatic heterocycles.